The van der Waals surface area contributed by atoms with Gasteiger partial charge in [-0.25, -0.2) is 8.42 Å². The highest BCUT2D eigenvalue weighted by molar-refractivity contribution is 7.89. The molecule has 0 atom stereocenters. The smallest absolute Gasteiger partial charge is 0.243 e. The minimum absolute atomic E-state index is 0.0292. The molecule has 162 valence electrons. The minimum Gasteiger partial charge on any atom is -0.325 e. The van der Waals surface area contributed by atoms with Crippen molar-refractivity contribution in [3.8, 4) is 0 Å². The van der Waals surface area contributed by atoms with Gasteiger partial charge in [0.15, 0.2) is 0 Å². The van der Waals surface area contributed by atoms with Crippen LogP contribution in [0.4, 0.5) is 5.69 Å². The van der Waals surface area contributed by atoms with Crippen LogP contribution in [0.1, 0.15) is 11.1 Å². The topological polar surface area (TPSA) is 66.5 Å². The first-order valence-corrected chi connectivity index (χ1v) is 11.8. The fourth-order valence-corrected chi connectivity index (χ4v) is 4.89. The molecule has 0 fully saturated rings. The van der Waals surface area contributed by atoms with Crippen molar-refractivity contribution in [2.24, 2.45) is 0 Å². The lowest BCUT2D eigenvalue weighted by Crippen LogP contribution is -2.37. The number of benzene rings is 3. The lowest BCUT2D eigenvalue weighted by atomic mass is 10.2. The molecule has 0 aliphatic rings. The quantitative estimate of drug-likeness (QED) is 0.449. The van der Waals surface area contributed by atoms with E-state index in [9.17, 15) is 13.2 Å². The minimum atomic E-state index is -3.98. The molecular weight excluding hydrogens is 479 g/mol. The Bertz CT molecular complexity index is 1200. The summed E-state index contributed by atoms with van der Waals surface area (Å²) in [5.41, 5.74) is 1.98. The van der Waals surface area contributed by atoms with E-state index >= 15 is 0 Å². The number of hydrogen-bond acceptors (Lipinski definition) is 3. The van der Waals surface area contributed by atoms with Crippen molar-refractivity contribution in [2.75, 3.05) is 11.9 Å². The Kier molecular flexibility index (Phi) is 7.62. The predicted octanol–water partition coefficient (Wildman–Crippen LogP) is 5.78. The highest BCUT2D eigenvalue weighted by atomic mass is 35.5. The van der Waals surface area contributed by atoms with E-state index in [4.69, 9.17) is 34.8 Å². The highest BCUT2D eigenvalue weighted by Gasteiger charge is 2.27. The maximum atomic E-state index is 13.3. The number of sulfonamides is 1. The van der Waals surface area contributed by atoms with Crippen LogP contribution in [-0.4, -0.2) is 25.2 Å². The molecule has 3 aromatic carbocycles. The number of hydrogen-bond donors (Lipinski definition) is 1. The van der Waals surface area contributed by atoms with Crippen molar-refractivity contribution in [2.45, 2.75) is 18.4 Å². The Morgan fingerprint density at radius 2 is 1.55 bits per heavy atom. The van der Waals surface area contributed by atoms with Crippen LogP contribution < -0.4 is 5.32 Å². The molecule has 3 rings (SSSR count). The van der Waals surface area contributed by atoms with Crippen LogP contribution in [0.5, 0.6) is 0 Å². The number of anilines is 1. The molecule has 0 unspecified atom stereocenters. The van der Waals surface area contributed by atoms with Crippen molar-refractivity contribution in [3.05, 3.63) is 92.9 Å². The van der Waals surface area contributed by atoms with E-state index in [1.165, 1.54) is 24.3 Å². The summed E-state index contributed by atoms with van der Waals surface area (Å²) >= 11 is 17.9. The van der Waals surface area contributed by atoms with Gasteiger partial charge >= 0.3 is 0 Å². The average molecular weight is 498 g/mol. The highest BCUT2D eigenvalue weighted by Crippen LogP contribution is 2.23. The molecule has 0 bridgehead atoms. The van der Waals surface area contributed by atoms with Crippen LogP contribution >= 0.6 is 34.8 Å². The van der Waals surface area contributed by atoms with Crippen molar-refractivity contribution in [1.82, 2.24) is 4.31 Å². The van der Waals surface area contributed by atoms with E-state index in [0.29, 0.717) is 26.3 Å². The van der Waals surface area contributed by atoms with Gasteiger partial charge in [0, 0.05) is 27.3 Å². The van der Waals surface area contributed by atoms with Gasteiger partial charge in [0.2, 0.25) is 15.9 Å². The third kappa shape index (κ3) is 6.21. The Hall–Kier alpha value is -2.09. The molecule has 0 aliphatic carbocycles. The lowest BCUT2D eigenvalue weighted by Gasteiger charge is -2.22. The van der Waals surface area contributed by atoms with Gasteiger partial charge in [-0.3, -0.25) is 4.79 Å². The van der Waals surface area contributed by atoms with Gasteiger partial charge < -0.3 is 5.32 Å². The summed E-state index contributed by atoms with van der Waals surface area (Å²) in [7, 11) is -3.98. The fraction of sp³-hybridized carbons (Fsp3) is 0.136. The molecule has 0 heterocycles. The van der Waals surface area contributed by atoms with Crippen molar-refractivity contribution < 1.29 is 13.2 Å². The lowest BCUT2D eigenvalue weighted by molar-refractivity contribution is -0.116. The number of rotatable bonds is 7. The van der Waals surface area contributed by atoms with Gasteiger partial charge in [0.25, 0.3) is 0 Å². The van der Waals surface area contributed by atoms with Gasteiger partial charge in [-0.05, 0) is 72.6 Å². The van der Waals surface area contributed by atoms with Gasteiger partial charge in [0.1, 0.15) is 0 Å². The van der Waals surface area contributed by atoms with E-state index in [-0.39, 0.29) is 18.0 Å². The molecule has 5 nitrogen and oxygen atoms in total. The SMILES string of the molecule is Cc1cc(Cl)ccc1NC(=O)CN(Cc1cccc(Cl)c1)S(=O)(=O)c1ccc(Cl)cc1. The Balaban J connectivity index is 1.89. The normalized spacial score (nSPS) is 11.5. The number of carbonyl (C=O) groups excluding carboxylic acids is 1. The summed E-state index contributed by atoms with van der Waals surface area (Å²) in [6.45, 7) is 1.38. The summed E-state index contributed by atoms with van der Waals surface area (Å²) in [6, 6.07) is 17.7. The van der Waals surface area contributed by atoms with E-state index < -0.39 is 15.9 Å². The van der Waals surface area contributed by atoms with E-state index in [2.05, 4.69) is 5.32 Å². The van der Waals surface area contributed by atoms with Crippen LogP contribution in [0.15, 0.2) is 71.6 Å². The first-order chi connectivity index (χ1) is 14.6. The number of aryl methyl sites for hydroxylation is 1. The zero-order valence-electron chi connectivity index (χ0n) is 16.5. The van der Waals surface area contributed by atoms with Crippen LogP contribution in [0, 0.1) is 6.92 Å². The summed E-state index contributed by atoms with van der Waals surface area (Å²) in [4.78, 5) is 12.8. The summed E-state index contributed by atoms with van der Waals surface area (Å²) in [5.74, 6) is -0.481. The van der Waals surface area contributed by atoms with Crippen LogP contribution in [0.3, 0.4) is 0 Å². The van der Waals surface area contributed by atoms with E-state index in [1.807, 2.05) is 0 Å². The standard InChI is InChI=1S/C22H19Cl3N2O3S/c1-15-11-19(25)7-10-21(15)26-22(28)14-27(13-16-3-2-4-18(24)12-16)31(29,30)20-8-5-17(23)6-9-20/h2-12H,13-14H2,1H3,(H,26,28). The van der Waals surface area contributed by atoms with Crippen molar-refractivity contribution in [3.63, 3.8) is 0 Å². The fourth-order valence-electron chi connectivity index (χ4n) is 2.94. The monoisotopic (exact) mass is 496 g/mol. The number of halogens is 3. The van der Waals surface area contributed by atoms with Crippen LogP contribution in [0.25, 0.3) is 0 Å². The number of carbonyl (C=O) groups is 1. The number of nitrogens with one attached hydrogen (secondary N) is 1. The molecule has 0 saturated heterocycles. The van der Waals surface area contributed by atoms with Crippen molar-refractivity contribution in [1.29, 1.82) is 0 Å². The van der Waals surface area contributed by atoms with Gasteiger partial charge in [-0.1, -0.05) is 46.9 Å². The molecule has 1 N–H and O–H groups in total. The second kappa shape index (κ2) is 10.0. The second-order valence-electron chi connectivity index (χ2n) is 6.86. The Morgan fingerprint density at radius 1 is 0.903 bits per heavy atom. The summed E-state index contributed by atoms with van der Waals surface area (Å²) in [5, 5.41) is 4.18. The zero-order valence-corrected chi connectivity index (χ0v) is 19.6. The molecule has 1 amide bonds. The molecule has 0 radical (unpaired) electrons. The average Bonchev–Trinajstić information content (AvgIpc) is 2.70. The van der Waals surface area contributed by atoms with Crippen molar-refractivity contribution >= 4 is 56.4 Å². The second-order valence-corrected chi connectivity index (χ2v) is 10.1. The Labute approximate surface area is 196 Å². The number of amides is 1. The van der Waals surface area contributed by atoms with E-state index in [1.54, 1.807) is 49.4 Å². The predicted molar refractivity (Wildman–Crippen MR) is 125 cm³/mol. The third-order valence-electron chi connectivity index (χ3n) is 4.48. The molecule has 0 saturated carbocycles. The molecule has 0 aromatic heterocycles. The third-order valence-corrected chi connectivity index (χ3v) is 7.01. The molecule has 0 spiro atoms. The molecule has 0 aliphatic heterocycles. The van der Waals surface area contributed by atoms with Gasteiger partial charge in [0.05, 0.1) is 11.4 Å². The molecular formula is C22H19Cl3N2O3S. The van der Waals surface area contributed by atoms with Crippen LogP contribution in [-0.2, 0) is 21.4 Å². The first kappa shape index (κ1) is 23.6. The Morgan fingerprint density at radius 3 is 2.19 bits per heavy atom. The molecule has 9 heteroatoms. The molecule has 3 aromatic rings. The largest absolute Gasteiger partial charge is 0.325 e. The first-order valence-electron chi connectivity index (χ1n) is 9.21. The maximum absolute atomic E-state index is 13.3. The maximum Gasteiger partial charge on any atom is 0.243 e. The van der Waals surface area contributed by atoms with Gasteiger partial charge in [-0.15, -0.1) is 0 Å². The zero-order chi connectivity index (χ0) is 22.6. The van der Waals surface area contributed by atoms with E-state index in [0.717, 1.165) is 9.87 Å². The summed E-state index contributed by atoms with van der Waals surface area (Å²) < 4.78 is 27.7. The van der Waals surface area contributed by atoms with Crippen LogP contribution in [0.2, 0.25) is 15.1 Å². The number of nitrogens with zero attached hydrogens (tertiary/aromatic N) is 1. The summed E-state index contributed by atoms with van der Waals surface area (Å²) in [6.07, 6.45) is 0. The molecule has 31 heavy (non-hydrogen) atoms. The van der Waals surface area contributed by atoms with Gasteiger partial charge in [-0.2, -0.15) is 4.31 Å².